The number of nitrogen functional groups attached to an aromatic ring is 1. The summed E-state index contributed by atoms with van der Waals surface area (Å²) < 4.78 is 0. The van der Waals surface area contributed by atoms with Gasteiger partial charge in [0.1, 0.15) is 0 Å². The van der Waals surface area contributed by atoms with E-state index in [-0.39, 0.29) is 5.41 Å². The Balaban J connectivity index is 0.000000383. The van der Waals surface area contributed by atoms with Gasteiger partial charge in [0.25, 0.3) is 0 Å². The van der Waals surface area contributed by atoms with Crippen molar-refractivity contribution in [1.29, 1.82) is 0 Å². The van der Waals surface area contributed by atoms with Crippen LogP contribution in [0.15, 0.2) is 280 Å². The van der Waals surface area contributed by atoms with Gasteiger partial charge < -0.3 is 10.6 Å². The molecule has 0 fully saturated rings. The first-order valence-electron chi connectivity index (χ1n) is 25.1. The van der Waals surface area contributed by atoms with E-state index in [1.807, 2.05) is 48.5 Å². The number of nitrogens with two attached hydrogens (primary N) is 1. The molecular formula is C71H56N2. The lowest BCUT2D eigenvalue weighted by Gasteiger charge is -2.29. The maximum Gasteiger partial charge on any atom is 0.0546 e. The molecule has 2 nitrogen and oxygen atoms in total. The summed E-state index contributed by atoms with van der Waals surface area (Å²) in [5.41, 5.74) is 25.6. The molecule has 0 radical (unpaired) electrons. The number of anilines is 4. The summed E-state index contributed by atoms with van der Waals surface area (Å²) in [6, 6.07) is 91.2. The van der Waals surface area contributed by atoms with Gasteiger partial charge in [-0.2, -0.15) is 0 Å². The number of fused-ring (bicyclic) bond motifs is 6. The molecule has 350 valence electrons. The Bertz CT molecular complexity index is 3790. The molecule has 1 aliphatic rings. The molecule has 0 unspecified atom stereocenters. The first-order chi connectivity index (χ1) is 35.8. The normalized spacial score (nSPS) is 12.5. The van der Waals surface area contributed by atoms with Crippen molar-refractivity contribution in [2.24, 2.45) is 0 Å². The monoisotopic (exact) mass is 936 g/mol. The minimum absolute atomic E-state index is 0.212. The molecule has 0 saturated carbocycles. The zero-order valence-electron chi connectivity index (χ0n) is 41.3. The third-order valence-corrected chi connectivity index (χ3v) is 14.3. The molecule has 0 aliphatic heterocycles. The lowest BCUT2D eigenvalue weighted by atomic mass is 9.81. The molecule has 12 rings (SSSR count). The van der Waals surface area contributed by atoms with E-state index in [2.05, 4.69) is 256 Å². The molecule has 0 atom stereocenters. The second-order valence-electron chi connectivity index (χ2n) is 19.2. The highest BCUT2D eigenvalue weighted by molar-refractivity contribution is 6.14. The van der Waals surface area contributed by atoms with Crippen LogP contribution in [0.5, 0.6) is 0 Å². The van der Waals surface area contributed by atoms with Gasteiger partial charge in [-0.3, -0.25) is 0 Å². The van der Waals surface area contributed by atoms with Gasteiger partial charge in [0.15, 0.2) is 0 Å². The molecule has 2 N–H and O–H groups in total. The van der Waals surface area contributed by atoms with Crippen molar-refractivity contribution in [3.63, 3.8) is 0 Å². The molecule has 0 aromatic heterocycles. The molecule has 0 bridgehead atoms. The molecule has 1 aliphatic carbocycles. The second-order valence-corrected chi connectivity index (χ2v) is 19.2. The Morgan fingerprint density at radius 3 is 1.51 bits per heavy atom. The quantitative estimate of drug-likeness (QED) is 0.0841. The largest absolute Gasteiger partial charge is 0.399 e. The number of hydrogen-bond donors (Lipinski definition) is 1. The smallest absolute Gasteiger partial charge is 0.0546 e. The minimum atomic E-state index is -0.212. The van der Waals surface area contributed by atoms with Crippen LogP contribution in [-0.4, -0.2) is 0 Å². The highest BCUT2D eigenvalue weighted by atomic mass is 15.1. The van der Waals surface area contributed by atoms with Crippen LogP contribution in [0, 0.1) is 0 Å². The van der Waals surface area contributed by atoms with Crippen LogP contribution in [0.4, 0.5) is 22.7 Å². The minimum Gasteiger partial charge on any atom is -0.399 e. The average Bonchev–Trinajstić information content (AvgIpc) is 3.67. The predicted molar refractivity (Wildman–Crippen MR) is 315 cm³/mol. The first-order valence-corrected chi connectivity index (χ1v) is 25.1. The highest BCUT2D eigenvalue weighted by Gasteiger charge is 2.36. The van der Waals surface area contributed by atoms with E-state index < -0.39 is 0 Å². The Morgan fingerprint density at radius 1 is 0.438 bits per heavy atom. The molecule has 0 heterocycles. The number of hydrogen-bond acceptors (Lipinski definition) is 2. The third kappa shape index (κ3) is 9.43. The van der Waals surface area contributed by atoms with Gasteiger partial charge in [0, 0.05) is 27.9 Å². The van der Waals surface area contributed by atoms with Crippen molar-refractivity contribution >= 4 is 55.9 Å². The molecule has 0 saturated heterocycles. The van der Waals surface area contributed by atoms with E-state index >= 15 is 0 Å². The molecule has 0 amide bonds. The van der Waals surface area contributed by atoms with Crippen LogP contribution >= 0.6 is 0 Å². The summed E-state index contributed by atoms with van der Waals surface area (Å²) in [4.78, 5) is 2.46. The summed E-state index contributed by atoms with van der Waals surface area (Å²) in [5, 5.41) is 4.95. The van der Waals surface area contributed by atoms with Gasteiger partial charge in [-0.15, -0.1) is 0 Å². The predicted octanol–water partition coefficient (Wildman–Crippen LogP) is 19.3. The fourth-order valence-electron chi connectivity index (χ4n) is 10.4. The zero-order chi connectivity index (χ0) is 49.7. The summed E-state index contributed by atoms with van der Waals surface area (Å²) in [7, 11) is 0. The molecule has 73 heavy (non-hydrogen) atoms. The fourth-order valence-corrected chi connectivity index (χ4v) is 10.4. The maximum absolute atomic E-state index is 5.60. The SMILES string of the molecule is C=C/C=C(\C=C/c1ccc2c(c1)C(C)(C)c1cc(N(c3ccc(-c4ccc(-c5ccccc5)cc4)cc3)c3cc4ccccc4c4ccccc34)ccc1-2)c1ccccc1.Nc1ccc(-c2ccccc2)cc1. The van der Waals surface area contributed by atoms with Crippen LogP contribution < -0.4 is 10.6 Å². The van der Waals surface area contributed by atoms with Crippen molar-refractivity contribution in [2.75, 3.05) is 10.6 Å². The Hall–Kier alpha value is -9.24. The van der Waals surface area contributed by atoms with E-state index in [0.717, 1.165) is 28.3 Å². The fraction of sp³-hybridized carbons (Fsp3) is 0.0423. The van der Waals surface area contributed by atoms with E-state index in [1.54, 1.807) is 0 Å². The summed E-state index contributed by atoms with van der Waals surface area (Å²) in [6.45, 7) is 8.71. The van der Waals surface area contributed by atoms with Crippen LogP contribution in [0.2, 0.25) is 0 Å². The van der Waals surface area contributed by atoms with Gasteiger partial charge in [0.2, 0.25) is 0 Å². The van der Waals surface area contributed by atoms with E-state index in [9.17, 15) is 0 Å². The second kappa shape index (κ2) is 20.2. The van der Waals surface area contributed by atoms with Gasteiger partial charge in [-0.05, 0) is 131 Å². The maximum atomic E-state index is 5.60. The van der Waals surface area contributed by atoms with Crippen LogP contribution in [0.3, 0.4) is 0 Å². The van der Waals surface area contributed by atoms with Crippen LogP contribution in [-0.2, 0) is 5.41 Å². The topological polar surface area (TPSA) is 29.3 Å². The summed E-state index contributed by atoms with van der Waals surface area (Å²) >= 11 is 0. The lowest BCUT2D eigenvalue weighted by molar-refractivity contribution is 0.660. The van der Waals surface area contributed by atoms with E-state index in [0.29, 0.717) is 0 Å². The van der Waals surface area contributed by atoms with Gasteiger partial charge >= 0.3 is 0 Å². The molecule has 11 aromatic carbocycles. The average molecular weight is 937 g/mol. The number of benzene rings is 11. The van der Waals surface area contributed by atoms with Crippen molar-refractivity contribution in [3.8, 4) is 44.5 Å². The van der Waals surface area contributed by atoms with Crippen molar-refractivity contribution in [1.82, 2.24) is 0 Å². The number of nitrogens with zero attached hydrogens (tertiary/aromatic N) is 1. The summed E-state index contributed by atoms with van der Waals surface area (Å²) in [6.07, 6.45) is 8.35. The van der Waals surface area contributed by atoms with Crippen molar-refractivity contribution in [2.45, 2.75) is 19.3 Å². The molecule has 11 aromatic rings. The Kier molecular flexibility index (Phi) is 12.8. The Labute approximate surface area is 430 Å². The number of rotatable bonds is 10. The third-order valence-electron chi connectivity index (χ3n) is 14.3. The highest BCUT2D eigenvalue weighted by Crippen LogP contribution is 2.52. The van der Waals surface area contributed by atoms with E-state index in [1.165, 1.54) is 88.3 Å². The first kappa shape index (κ1) is 46.2. The number of allylic oxidation sites excluding steroid dienone is 4. The molecule has 2 heteroatoms. The standard InChI is InChI=1S/C59H45N.C12H11N/c1-4-15-42(43-16-7-5-8-17-43)26-24-41-25-36-53-54-37-35-50(40-57(54)59(2,3)56(53)38-41)60(58-39-48-20-11-12-21-51(48)52-22-13-14-23-55(52)58)49-33-31-47(32-34-49)46-29-27-45(28-30-46)44-18-9-6-10-19-44;13-12-8-6-11(7-9-12)10-4-2-1-3-5-10/h4-40H,1H2,2-3H3;1-9H,13H2/b26-24-,42-15+;. The van der Waals surface area contributed by atoms with Gasteiger partial charge in [-0.1, -0.05) is 257 Å². The van der Waals surface area contributed by atoms with Crippen LogP contribution in [0.25, 0.3) is 77.7 Å². The summed E-state index contributed by atoms with van der Waals surface area (Å²) in [5.74, 6) is 0. The van der Waals surface area contributed by atoms with Gasteiger partial charge in [-0.25, -0.2) is 0 Å². The van der Waals surface area contributed by atoms with Crippen LogP contribution in [0.1, 0.15) is 36.1 Å². The van der Waals surface area contributed by atoms with Crippen molar-refractivity contribution < 1.29 is 0 Å². The Morgan fingerprint density at radius 2 is 0.904 bits per heavy atom. The lowest BCUT2D eigenvalue weighted by Crippen LogP contribution is -2.17. The molecular weight excluding hydrogens is 881 g/mol. The molecule has 0 spiro atoms. The van der Waals surface area contributed by atoms with E-state index in [4.69, 9.17) is 5.73 Å². The van der Waals surface area contributed by atoms with Gasteiger partial charge in [0.05, 0.1) is 5.69 Å². The van der Waals surface area contributed by atoms with Crippen molar-refractivity contribution in [3.05, 3.63) is 302 Å². The zero-order valence-corrected chi connectivity index (χ0v) is 41.3.